The van der Waals surface area contributed by atoms with Crippen LogP contribution in [0.3, 0.4) is 0 Å². The maximum atomic E-state index is 5.82. The zero-order valence-corrected chi connectivity index (χ0v) is 10.3. The summed E-state index contributed by atoms with van der Waals surface area (Å²) in [5, 5.41) is 4.13. The average molecular weight is 222 g/mol. The van der Waals surface area contributed by atoms with Crippen molar-refractivity contribution in [1.29, 1.82) is 0 Å². The van der Waals surface area contributed by atoms with Crippen LogP contribution in [0.5, 0.6) is 0 Å². The van der Waals surface area contributed by atoms with Gasteiger partial charge in [0.05, 0.1) is 5.69 Å². The molecule has 16 heavy (non-hydrogen) atoms. The Bertz CT molecular complexity index is 338. The van der Waals surface area contributed by atoms with Gasteiger partial charge in [-0.05, 0) is 18.3 Å². The van der Waals surface area contributed by atoms with Gasteiger partial charge in [-0.3, -0.25) is 0 Å². The summed E-state index contributed by atoms with van der Waals surface area (Å²) in [4.78, 5) is 0. The number of nitrogens with two attached hydrogens (primary N) is 1. The molecule has 1 saturated carbocycles. The van der Waals surface area contributed by atoms with Crippen LogP contribution in [0.4, 0.5) is 5.88 Å². The highest BCUT2D eigenvalue weighted by atomic mass is 16.5. The van der Waals surface area contributed by atoms with Crippen molar-refractivity contribution >= 4 is 5.88 Å². The highest BCUT2D eigenvalue weighted by molar-refractivity contribution is 5.41. The van der Waals surface area contributed by atoms with Gasteiger partial charge in [0, 0.05) is 5.56 Å². The topological polar surface area (TPSA) is 52.0 Å². The third-order valence-corrected chi connectivity index (χ3v) is 3.61. The highest BCUT2D eigenvalue weighted by Gasteiger charge is 2.21. The Morgan fingerprint density at radius 2 is 2.00 bits per heavy atom. The van der Waals surface area contributed by atoms with Crippen molar-refractivity contribution in [3.05, 3.63) is 11.3 Å². The summed E-state index contributed by atoms with van der Waals surface area (Å²) >= 11 is 0. The smallest absolute Gasteiger partial charge is 0.225 e. The average Bonchev–Trinajstić information content (AvgIpc) is 2.61. The Balaban J connectivity index is 2.08. The summed E-state index contributed by atoms with van der Waals surface area (Å²) < 4.78 is 5.13. The summed E-state index contributed by atoms with van der Waals surface area (Å²) in [6.45, 7) is 4.29. The molecule has 0 aliphatic heterocycles. The van der Waals surface area contributed by atoms with Crippen molar-refractivity contribution in [1.82, 2.24) is 5.16 Å². The van der Waals surface area contributed by atoms with Gasteiger partial charge in [-0.2, -0.15) is 0 Å². The predicted octanol–water partition coefficient (Wildman–Crippen LogP) is 3.50. The van der Waals surface area contributed by atoms with E-state index in [1.165, 1.54) is 32.1 Å². The SMILES string of the molecule is CC(C)c1c(CC2CCCCC2)noc1N. The van der Waals surface area contributed by atoms with Gasteiger partial charge in [-0.25, -0.2) is 0 Å². The second kappa shape index (κ2) is 4.89. The van der Waals surface area contributed by atoms with Gasteiger partial charge in [0.15, 0.2) is 0 Å². The molecule has 1 heterocycles. The minimum Gasteiger partial charge on any atom is -0.367 e. The lowest BCUT2D eigenvalue weighted by molar-refractivity contribution is 0.344. The molecule has 1 fully saturated rings. The molecule has 0 bridgehead atoms. The summed E-state index contributed by atoms with van der Waals surface area (Å²) in [6, 6.07) is 0. The molecule has 0 unspecified atom stereocenters. The van der Waals surface area contributed by atoms with E-state index in [2.05, 4.69) is 19.0 Å². The first-order chi connectivity index (χ1) is 7.68. The molecule has 0 aromatic carbocycles. The Kier molecular flexibility index (Phi) is 3.52. The number of anilines is 1. The summed E-state index contributed by atoms with van der Waals surface area (Å²) in [7, 11) is 0. The molecule has 2 N–H and O–H groups in total. The molecular weight excluding hydrogens is 200 g/mol. The van der Waals surface area contributed by atoms with E-state index in [0.717, 1.165) is 23.6 Å². The van der Waals surface area contributed by atoms with Gasteiger partial charge in [0.2, 0.25) is 5.88 Å². The normalized spacial score (nSPS) is 18.2. The van der Waals surface area contributed by atoms with Crippen LogP contribution in [0.25, 0.3) is 0 Å². The van der Waals surface area contributed by atoms with E-state index in [4.69, 9.17) is 10.3 Å². The van der Waals surface area contributed by atoms with E-state index in [0.29, 0.717) is 11.8 Å². The van der Waals surface area contributed by atoms with Gasteiger partial charge >= 0.3 is 0 Å². The zero-order chi connectivity index (χ0) is 11.5. The van der Waals surface area contributed by atoms with E-state index in [1.54, 1.807) is 0 Å². The molecule has 3 nitrogen and oxygen atoms in total. The van der Waals surface area contributed by atoms with Gasteiger partial charge in [-0.1, -0.05) is 51.1 Å². The van der Waals surface area contributed by atoms with Crippen LogP contribution in [0.2, 0.25) is 0 Å². The van der Waals surface area contributed by atoms with Crippen LogP contribution in [0.1, 0.15) is 63.1 Å². The second-order valence-electron chi connectivity index (χ2n) is 5.27. The first-order valence-electron chi connectivity index (χ1n) is 6.42. The van der Waals surface area contributed by atoms with Crippen molar-refractivity contribution in [3.63, 3.8) is 0 Å². The van der Waals surface area contributed by atoms with Crippen LogP contribution in [0, 0.1) is 5.92 Å². The molecule has 0 spiro atoms. The first-order valence-corrected chi connectivity index (χ1v) is 6.42. The molecule has 3 heteroatoms. The molecule has 0 saturated heterocycles. The Morgan fingerprint density at radius 1 is 1.31 bits per heavy atom. The van der Waals surface area contributed by atoms with Crippen molar-refractivity contribution in [2.24, 2.45) is 5.92 Å². The molecule has 1 aromatic rings. The maximum absolute atomic E-state index is 5.82. The molecule has 1 aromatic heterocycles. The lowest BCUT2D eigenvalue weighted by atomic mass is 9.84. The second-order valence-corrected chi connectivity index (χ2v) is 5.27. The minimum atomic E-state index is 0.407. The lowest BCUT2D eigenvalue weighted by Crippen LogP contribution is -2.11. The number of rotatable bonds is 3. The standard InChI is InChI=1S/C13H22N2O/c1-9(2)12-11(15-16-13(12)14)8-10-6-4-3-5-7-10/h9-10H,3-8,14H2,1-2H3. The van der Waals surface area contributed by atoms with Crippen LogP contribution in [0.15, 0.2) is 4.52 Å². The summed E-state index contributed by atoms with van der Waals surface area (Å²) in [5.41, 5.74) is 8.05. The third kappa shape index (κ3) is 2.39. The largest absolute Gasteiger partial charge is 0.367 e. The molecule has 0 atom stereocenters. The highest BCUT2D eigenvalue weighted by Crippen LogP contribution is 2.31. The molecule has 2 rings (SSSR count). The molecule has 1 aliphatic carbocycles. The number of aromatic nitrogens is 1. The van der Waals surface area contributed by atoms with Crippen LogP contribution >= 0.6 is 0 Å². The van der Waals surface area contributed by atoms with Crippen molar-refractivity contribution in [2.45, 2.75) is 58.3 Å². The first kappa shape index (κ1) is 11.5. The fourth-order valence-electron chi connectivity index (χ4n) is 2.77. The number of nitrogen functional groups attached to an aromatic ring is 1. The van der Waals surface area contributed by atoms with E-state index >= 15 is 0 Å². The minimum absolute atomic E-state index is 0.407. The predicted molar refractivity (Wildman–Crippen MR) is 65.3 cm³/mol. The Morgan fingerprint density at radius 3 is 2.62 bits per heavy atom. The quantitative estimate of drug-likeness (QED) is 0.851. The monoisotopic (exact) mass is 222 g/mol. The van der Waals surface area contributed by atoms with Gasteiger partial charge in [0.25, 0.3) is 0 Å². The fourth-order valence-corrected chi connectivity index (χ4v) is 2.77. The molecule has 1 aliphatic rings. The van der Waals surface area contributed by atoms with Gasteiger partial charge < -0.3 is 10.3 Å². The van der Waals surface area contributed by atoms with E-state index in [1.807, 2.05) is 0 Å². The molecule has 0 amide bonds. The molecule has 90 valence electrons. The maximum Gasteiger partial charge on any atom is 0.225 e. The van der Waals surface area contributed by atoms with Crippen molar-refractivity contribution in [3.8, 4) is 0 Å². The van der Waals surface area contributed by atoms with Gasteiger partial charge in [-0.15, -0.1) is 0 Å². The molecule has 0 radical (unpaired) electrons. The Hall–Kier alpha value is -0.990. The number of nitrogens with zero attached hydrogens (tertiary/aromatic N) is 1. The van der Waals surface area contributed by atoms with E-state index in [9.17, 15) is 0 Å². The number of hydrogen-bond acceptors (Lipinski definition) is 3. The lowest BCUT2D eigenvalue weighted by Gasteiger charge is -2.21. The Labute approximate surface area is 97.4 Å². The zero-order valence-electron chi connectivity index (χ0n) is 10.3. The molecular formula is C13H22N2O. The third-order valence-electron chi connectivity index (χ3n) is 3.61. The van der Waals surface area contributed by atoms with Crippen LogP contribution in [-0.4, -0.2) is 5.16 Å². The fraction of sp³-hybridized carbons (Fsp3) is 0.769. The van der Waals surface area contributed by atoms with Gasteiger partial charge in [0.1, 0.15) is 0 Å². The van der Waals surface area contributed by atoms with Crippen LogP contribution in [-0.2, 0) is 6.42 Å². The van der Waals surface area contributed by atoms with Crippen LogP contribution < -0.4 is 5.73 Å². The summed E-state index contributed by atoms with van der Waals surface area (Å²) in [5.74, 6) is 1.71. The number of hydrogen-bond donors (Lipinski definition) is 1. The summed E-state index contributed by atoms with van der Waals surface area (Å²) in [6.07, 6.45) is 7.86. The van der Waals surface area contributed by atoms with E-state index in [-0.39, 0.29) is 0 Å². The van der Waals surface area contributed by atoms with E-state index < -0.39 is 0 Å². The van der Waals surface area contributed by atoms with Crippen molar-refractivity contribution < 1.29 is 4.52 Å². The van der Waals surface area contributed by atoms with Crippen molar-refractivity contribution in [2.75, 3.05) is 5.73 Å².